The fourth-order valence-electron chi connectivity index (χ4n) is 6.97. The third-order valence-corrected chi connectivity index (χ3v) is 14.8. The van der Waals surface area contributed by atoms with Gasteiger partial charge >= 0.3 is 0 Å². The maximum Gasteiger partial charge on any atom is 0.248 e. The first-order valence-corrected chi connectivity index (χ1v) is 23.8. The minimum atomic E-state index is -4.11. The summed E-state index contributed by atoms with van der Waals surface area (Å²) in [5, 5.41) is 12.6. The van der Waals surface area contributed by atoms with Gasteiger partial charge in [-0.2, -0.15) is 5.10 Å². The molecule has 1 fully saturated rings. The van der Waals surface area contributed by atoms with Gasteiger partial charge in [-0.05, 0) is 30.0 Å². The largest absolute Gasteiger partial charge is 0.379 e. The Bertz CT molecular complexity index is 1790. The Morgan fingerprint density at radius 1 is 0.943 bits per heavy atom. The summed E-state index contributed by atoms with van der Waals surface area (Å²) in [6.07, 6.45) is 17.2. The number of morpholine rings is 1. The second-order valence-corrected chi connectivity index (χ2v) is 19.9. The number of benzene rings is 1. The van der Waals surface area contributed by atoms with E-state index in [-0.39, 0.29) is 29.6 Å². The van der Waals surface area contributed by atoms with E-state index in [0.29, 0.717) is 11.9 Å². The SMILES string of the molecule is CCCCCCCCCCCCCCC(C(=O)NCCS(N)(=O)=O)(c1nc2ccc(-c3cnn(CCN4CCOCC4)c3)cc2s1)S(=O)(=O)CC(C)C. The Kier molecular flexibility index (Phi) is 17.2. The number of ether oxygens (including phenoxy) is 1. The molecule has 1 atom stereocenters. The van der Waals surface area contributed by atoms with Crippen molar-refractivity contribution in [2.24, 2.45) is 11.1 Å². The number of carbonyl (C=O) groups is 1. The molecule has 0 spiro atoms. The number of rotatable bonds is 25. The summed E-state index contributed by atoms with van der Waals surface area (Å²) in [5.74, 6) is -1.69. The molecule has 3 aromatic rings. The number of fused-ring (bicyclic) bond motifs is 1. The number of aromatic nitrogens is 3. The molecule has 4 rings (SSSR count). The molecular weight excluding hydrogens is 733 g/mol. The molecule has 2 aromatic heterocycles. The number of nitrogens with two attached hydrogens (primary N) is 1. The standard InChI is InChI=1S/C38H62N6O6S3/c1-4-5-6-7-8-9-10-11-12-13-14-15-18-38(52(46,47)30-31(2)3,36(45)40-19-26-53(39,48)49)37-42-34-17-16-32(27-35(34)51-37)33-28-41-44(29-33)21-20-43-22-24-50-25-23-43/h16-17,27-29,31H,4-15,18-26,30H2,1-3H3,(H,40,45)(H2,39,48,49). The number of thiazole rings is 1. The Labute approximate surface area is 321 Å². The molecule has 3 N–H and O–H groups in total. The van der Waals surface area contributed by atoms with Crippen LogP contribution in [-0.4, -0.2) is 93.3 Å². The van der Waals surface area contributed by atoms with Crippen LogP contribution in [0.2, 0.25) is 0 Å². The zero-order valence-electron chi connectivity index (χ0n) is 32.1. The molecule has 1 aliphatic heterocycles. The topological polar surface area (TPSA) is 167 Å². The van der Waals surface area contributed by atoms with Crippen molar-refractivity contribution in [2.45, 2.75) is 116 Å². The van der Waals surface area contributed by atoms with Crippen LogP contribution in [0.25, 0.3) is 21.3 Å². The lowest BCUT2D eigenvalue weighted by molar-refractivity contribution is -0.124. The Morgan fingerprint density at radius 2 is 1.58 bits per heavy atom. The number of carbonyl (C=O) groups excluding carboxylic acids is 1. The van der Waals surface area contributed by atoms with E-state index in [1.807, 2.05) is 49.1 Å². The number of sulfonamides is 1. The molecule has 298 valence electrons. The summed E-state index contributed by atoms with van der Waals surface area (Å²) in [6.45, 7) is 10.5. The van der Waals surface area contributed by atoms with Crippen LogP contribution in [0, 0.1) is 5.92 Å². The minimum Gasteiger partial charge on any atom is -0.379 e. The van der Waals surface area contributed by atoms with E-state index in [2.05, 4.69) is 22.2 Å². The predicted molar refractivity (Wildman–Crippen MR) is 215 cm³/mol. The van der Waals surface area contributed by atoms with Gasteiger partial charge in [-0.15, -0.1) is 11.3 Å². The van der Waals surface area contributed by atoms with Crippen molar-refractivity contribution in [2.75, 3.05) is 50.9 Å². The smallest absolute Gasteiger partial charge is 0.248 e. The zero-order chi connectivity index (χ0) is 38.3. The molecule has 3 heterocycles. The van der Waals surface area contributed by atoms with Crippen molar-refractivity contribution in [3.8, 4) is 11.1 Å². The molecule has 53 heavy (non-hydrogen) atoms. The number of nitrogens with one attached hydrogen (secondary N) is 1. The molecule has 0 bridgehead atoms. The Morgan fingerprint density at radius 3 is 2.21 bits per heavy atom. The monoisotopic (exact) mass is 794 g/mol. The van der Waals surface area contributed by atoms with Crippen LogP contribution >= 0.6 is 11.3 Å². The van der Waals surface area contributed by atoms with Crippen LogP contribution < -0.4 is 10.5 Å². The Hall–Kier alpha value is -2.43. The molecule has 15 heteroatoms. The summed E-state index contributed by atoms with van der Waals surface area (Å²) in [7, 11) is -7.98. The first-order chi connectivity index (χ1) is 25.3. The second-order valence-electron chi connectivity index (χ2n) is 14.9. The van der Waals surface area contributed by atoms with Crippen LogP contribution in [0.4, 0.5) is 0 Å². The van der Waals surface area contributed by atoms with Gasteiger partial charge in [-0.25, -0.2) is 27.0 Å². The van der Waals surface area contributed by atoms with E-state index < -0.39 is 36.3 Å². The van der Waals surface area contributed by atoms with Crippen LogP contribution in [-0.2, 0) is 40.7 Å². The molecule has 1 saturated heterocycles. The van der Waals surface area contributed by atoms with E-state index in [1.54, 1.807) is 0 Å². The highest BCUT2D eigenvalue weighted by Crippen LogP contribution is 2.42. The zero-order valence-corrected chi connectivity index (χ0v) is 34.5. The fourth-order valence-corrected chi connectivity index (χ4v) is 11.3. The lowest BCUT2D eigenvalue weighted by atomic mass is 9.98. The maximum absolute atomic E-state index is 14.5. The maximum atomic E-state index is 14.5. The van der Waals surface area contributed by atoms with Crippen molar-refractivity contribution < 1.29 is 26.4 Å². The molecule has 12 nitrogen and oxygen atoms in total. The summed E-state index contributed by atoms with van der Waals surface area (Å²) in [5.41, 5.74) is 2.45. The number of hydrogen-bond acceptors (Lipinski definition) is 10. The number of unbranched alkanes of at least 4 members (excludes halogenated alkanes) is 11. The van der Waals surface area contributed by atoms with Crippen molar-refractivity contribution in [3.63, 3.8) is 0 Å². The normalized spacial score (nSPS) is 15.6. The van der Waals surface area contributed by atoms with Crippen LogP contribution in [0.1, 0.15) is 109 Å². The quantitative estimate of drug-likeness (QED) is 0.0943. The third kappa shape index (κ3) is 13.1. The first-order valence-electron chi connectivity index (χ1n) is 19.6. The van der Waals surface area contributed by atoms with E-state index in [9.17, 15) is 21.6 Å². The highest BCUT2D eigenvalue weighted by molar-refractivity contribution is 7.93. The minimum absolute atomic E-state index is 0.0588. The average molecular weight is 795 g/mol. The van der Waals surface area contributed by atoms with Gasteiger partial charge in [0, 0.05) is 37.9 Å². The molecule has 0 aliphatic carbocycles. The summed E-state index contributed by atoms with van der Waals surface area (Å²) in [4.78, 5) is 21.5. The van der Waals surface area contributed by atoms with Gasteiger partial charge in [0.1, 0.15) is 5.01 Å². The summed E-state index contributed by atoms with van der Waals surface area (Å²) in [6, 6.07) is 5.78. The van der Waals surface area contributed by atoms with Gasteiger partial charge in [-0.1, -0.05) is 104 Å². The second kappa shape index (κ2) is 21.0. The molecule has 1 amide bonds. The molecule has 1 unspecified atom stereocenters. The van der Waals surface area contributed by atoms with Gasteiger partial charge in [-0.3, -0.25) is 14.4 Å². The van der Waals surface area contributed by atoms with Crippen molar-refractivity contribution in [1.29, 1.82) is 0 Å². The number of hydrogen-bond donors (Lipinski definition) is 2. The summed E-state index contributed by atoms with van der Waals surface area (Å²) < 4.78 is 58.6. The van der Waals surface area contributed by atoms with Crippen LogP contribution in [0.5, 0.6) is 0 Å². The number of amides is 1. The molecule has 0 radical (unpaired) electrons. The van der Waals surface area contributed by atoms with Gasteiger partial charge in [0.2, 0.25) is 20.7 Å². The lowest BCUT2D eigenvalue weighted by Crippen LogP contribution is -2.52. The predicted octanol–water partition coefficient (Wildman–Crippen LogP) is 6.25. The first kappa shape index (κ1) is 43.3. The number of sulfone groups is 1. The number of primary sulfonamides is 1. The highest BCUT2D eigenvalue weighted by atomic mass is 32.2. The number of nitrogens with zero attached hydrogens (tertiary/aromatic N) is 4. The van der Waals surface area contributed by atoms with Gasteiger partial charge < -0.3 is 10.1 Å². The van der Waals surface area contributed by atoms with Gasteiger partial charge in [0.15, 0.2) is 9.84 Å². The van der Waals surface area contributed by atoms with Gasteiger partial charge in [0.25, 0.3) is 0 Å². The van der Waals surface area contributed by atoms with Crippen molar-refractivity contribution >= 4 is 47.3 Å². The average Bonchev–Trinajstić information content (AvgIpc) is 3.76. The summed E-state index contributed by atoms with van der Waals surface area (Å²) >= 11 is 1.21. The van der Waals surface area contributed by atoms with Crippen molar-refractivity contribution in [1.82, 2.24) is 25.0 Å². The molecule has 1 aliphatic rings. The Balaban J connectivity index is 1.55. The van der Waals surface area contributed by atoms with Crippen molar-refractivity contribution in [3.05, 3.63) is 35.6 Å². The third-order valence-electron chi connectivity index (χ3n) is 9.95. The van der Waals surface area contributed by atoms with E-state index >= 15 is 0 Å². The highest BCUT2D eigenvalue weighted by Gasteiger charge is 2.54. The van der Waals surface area contributed by atoms with E-state index in [1.165, 1.54) is 56.3 Å². The van der Waals surface area contributed by atoms with Gasteiger partial charge in [0.05, 0.1) is 47.7 Å². The molecular formula is C38H62N6O6S3. The van der Waals surface area contributed by atoms with E-state index in [0.717, 1.165) is 80.9 Å². The fraction of sp³-hybridized carbons (Fsp3) is 0.711. The van der Waals surface area contributed by atoms with E-state index in [4.69, 9.17) is 14.9 Å². The van der Waals surface area contributed by atoms with Crippen LogP contribution in [0.15, 0.2) is 30.6 Å². The lowest BCUT2D eigenvalue weighted by Gasteiger charge is -2.31. The molecule has 1 aromatic carbocycles. The molecule has 0 saturated carbocycles. The van der Waals surface area contributed by atoms with Crippen LogP contribution in [0.3, 0.4) is 0 Å².